The van der Waals surface area contributed by atoms with Gasteiger partial charge in [0.25, 0.3) is 0 Å². The van der Waals surface area contributed by atoms with Crippen LogP contribution >= 0.6 is 0 Å². The number of carbonyl (C=O) groups excluding carboxylic acids is 3. The van der Waals surface area contributed by atoms with E-state index in [2.05, 4.69) is 24.1 Å². The number of amides is 2. The lowest BCUT2D eigenvalue weighted by molar-refractivity contribution is -0.142. The Hall–Kier alpha value is -1.69. The molecule has 0 aromatic carbocycles. The SMILES string of the molecule is CCC(C)N1CCCC[C@@H]1C(=O)N[C@H](C(=O)N(C)[C@H](/C=C(\C)C(C)=O)C(C)C)C(C)(C)C. The van der Waals surface area contributed by atoms with Crippen molar-refractivity contribution in [3.8, 4) is 0 Å². The van der Waals surface area contributed by atoms with Crippen molar-refractivity contribution < 1.29 is 14.4 Å². The summed E-state index contributed by atoms with van der Waals surface area (Å²) >= 11 is 0. The zero-order chi connectivity index (χ0) is 24.8. The maximum atomic E-state index is 13.7. The fraction of sp³-hybridized carbons (Fsp3) is 0.808. The van der Waals surface area contributed by atoms with Crippen molar-refractivity contribution >= 4 is 17.6 Å². The van der Waals surface area contributed by atoms with E-state index in [1.54, 1.807) is 18.9 Å². The Morgan fingerprint density at radius 3 is 2.19 bits per heavy atom. The third-order valence-electron chi connectivity index (χ3n) is 6.86. The van der Waals surface area contributed by atoms with E-state index in [0.29, 0.717) is 11.6 Å². The van der Waals surface area contributed by atoms with Crippen LogP contribution in [0.5, 0.6) is 0 Å². The van der Waals surface area contributed by atoms with Crippen molar-refractivity contribution in [1.29, 1.82) is 0 Å². The van der Waals surface area contributed by atoms with E-state index in [-0.39, 0.29) is 35.6 Å². The third kappa shape index (κ3) is 7.43. The highest BCUT2D eigenvalue weighted by Crippen LogP contribution is 2.26. The minimum absolute atomic E-state index is 0.000364. The van der Waals surface area contributed by atoms with Crippen LogP contribution in [0.4, 0.5) is 0 Å². The van der Waals surface area contributed by atoms with Crippen LogP contribution in [0.2, 0.25) is 0 Å². The zero-order valence-corrected chi connectivity index (χ0v) is 22.1. The Labute approximate surface area is 196 Å². The van der Waals surface area contributed by atoms with E-state index in [4.69, 9.17) is 0 Å². The number of piperidine rings is 1. The lowest BCUT2D eigenvalue weighted by Crippen LogP contribution is -2.60. The van der Waals surface area contributed by atoms with Gasteiger partial charge in [-0.05, 0) is 63.5 Å². The summed E-state index contributed by atoms with van der Waals surface area (Å²) in [5, 5.41) is 3.13. The van der Waals surface area contributed by atoms with Gasteiger partial charge in [-0.3, -0.25) is 19.3 Å². The maximum absolute atomic E-state index is 13.7. The molecule has 184 valence electrons. The lowest BCUT2D eigenvalue weighted by Gasteiger charge is -2.41. The molecule has 1 fully saturated rings. The molecule has 1 unspecified atom stereocenters. The number of hydrogen-bond acceptors (Lipinski definition) is 4. The van der Waals surface area contributed by atoms with E-state index in [9.17, 15) is 14.4 Å². The zero-order valence-electron chi connectivity index (χ0n) is 22.1. The highest BCUT2D eigenvalue weighted by atomic mass is 16.2. The first kappa shape index (κ1) is 28.3. The number of likely N-dealkylation sites (N-methyl/N-ethyl adjacent to an activating group) is 1. The van der Waals surface area contributed by atoms with Crippen LogP contribution in [0.25, 0.3) is 0 Å². The highest BCUT2D eigenvalue weighted by molar-refractivity contribution is 5.93. The molecule has 2 amide bonds. The Morgan fingerprint density at radius 2 is 1.72 bits per heavy atom. The van der Waals surface area contributed by atoms with Gasteiger partial charge in [-0.25, -0.2) is 0 Å². The number of hydrogen-bond donors (Lipinski definition) is 1. The number of likely N-dealkylation sites (tertiary alicyclic amines) is 1. The largest absolute Gasteiger partial charge is 0.342 e. The number of ketones is 1. The molecule has 1 saturated heterocycles. The molecule has 0 saturated carbocycles. The second-order valence-corrected chi connectivity index (χ2v) is 10.9. The van der Waals surface area contributed by atoms with E-state index in [1.165, 1.54) is 6.92 Å². The molecule has 6 heteroatoms. The average molecular weight is 450 g/mol. The van der Waals surface area contributed by atoms with Crippen molar-refractivity contribution in [3.63, 3.8) is 0 Å². The number of nitrogens with one attached hydrogen (secondary N) is 1. The molecule has 32 heavy (non-hydrogen) atoms. The fourth-order valence-electron chi connectivity index (χ4n) is 4.36. The molecule has 0 bridgehead atoms. The number of carbonyl (C=O) groups is 3. The number of nitrogens with zero attached hydrogens (tertiary/aromatic N) is 2. The predicted octanol–water partition coefficient (Wildman–Crippen LogP) is 4.19. The monoisotopic (exact) mass is 449 g/mol. The first-order valence-electron chi connectivity index (χ1n) is 12.2. The van der Waals surface area contributed by atoms with E-state index < -0.39 is 11.5 Å². The van der Waals surface area contributed by atoms with Crippen LogP contribution in [0, 0.1) is 11.3 Å². The third-order valence-corrected chi connectivity index (χ3v) is 6.86. The van der Waals surface area contributed by atoms with E-state index in [0.717, 1.165) is 32.2 Å². The Kier molecular flexibility index (Phi) is 10.6. The molecule has 4 atom stereocenters. The summed E-state index contributed by atoms with van der Waals surface area (Å²) in [4.78, 5) is 42.8. The normalized spacial score (nSPS) is 21.1. The number of rotatable bonds is 9. The Morgan fingerprint density at radius 1 is 1.12 bits per heavy atom. The van der Waals surface area contributed by atoms with Gasteiger partial charge in [0, 0.05) is 13.1 Å². The molecule has 1 rings (SSSR count). The lowest BCUT2D eigenvalue weighted by atomic mass is 9.84. The van der Waals surface area contributed by atoms with Gasteiger partial charge in [-0.2, -0.15) is 0 Å². The minimum Gasteiger partial charge on any atom is -0.342 e. The summed E-state index contributed by atoms with van der Waals surface area (Å²) in [5.41, 5.74) is 0.198. The minimum atomic E-state index is -0.645. The summed E-state index contributed by atoms with van der Waals surface area (Å²) in [6.07, 6.45) is 5.83. The standard InChI is InChI=1S/C26H47N3O3/c1-11-19(5)29-15-13-12-14-21(29)24(31)27-23(26(7,8)9)25(32)28(10)22(17(2)3)16-18(4)20(6)30/h16-17,19,21-23H,11-15H2,1-10H3,(H,27,31)/b18-16+/t19?,21-,22-,23-/m1/s1. The molecular formula is C26H47N3O3. The molecule has 0 aliphatic carbocycles. The van der Waals surface area contributed by atoms with Crippen LogP contribution in [0.1, 0.15) is 88.0 Å². The van der Waals surface area contributed by atoms with Gasteiger partial charge < -0.3 is 10.2 Å². The molecule has 0 aromatic heterocycles. The molecule has 0 aromatic rings. The van der Waals surface area contributed by atoms with Gasteiger partial charge in [0.2, 0.25) is 11.8 Å². The van der Waals surface area contributed by atoms with Crippen molar-refractivity contribution in [2.24, 2.45) is 11.3 Å². The van der Waals surface area contributed by atoms with Gasteiger partial charge in [0.05, 0.1) is 12.1 Å². The molecule has 1 aliphatic heterocycles. The number of Topliss-reactive ketones (excluding diaryl/α,β-unsaturated/α-hetero) is 1. The Bertz CT molecular complexity index is 693. The summed E-state index contributed by atoms with van der Waals surface area (Å²) < 4.78 is 0. The fourth-order valence-corrected chi connectivity index (χ4v) is 4.36. The smallest absolute Gasteiger partial charge is 0.245 e. The summed E-state index contributed by atoms with van der Waals surface area (Å²) in [6, 6.07) is -0.725. The van der Waals surface area contributed by atoms with Crippen LogP contribution in [0.3, 0.4) is 0 Å². The molecule has 0 spiro atoms. The maximum Gasteiger partial charge on any atom is 0.245 e. The predicted molar refractivity (Wildman–Crippen MR) is 131 cm³/mol. The van der Waals surface area contributed by atoms with Crippen LogP contribution in [0.15, 0.2) is 11.6 Å². The summed E-state index contributed by atoms with van der Waals surface area (Å²) in [7, 11) is 1.77. The molecule has 0 radical (unpaired) electrons. The topological polar surface area (TPSA) is 69.7 Å². The van der Waals surface area contributed by atoms with Crippen LogP contribution < -0.4 is 5.32 Å². The van der Waals surface area contributed by atoms with E-state index in [1.807, 2.05) is 40.7 Å². The van der Waals surface area contributed by atoms with Crippen molar-refractivity contribution in [1.82, 2.24) is 15.1 Å². The van der Waals surface area contributed by atoms with Gasteiger partial charge >= 0.3 is 0 Å². The second kappa shape index (κ2) is 12.0. The highest BCUT2D eigenvalue weighted by Gasteiger charge is 2.40. The molecular weight excluding hydrogens is 402 g/mol. The van der Waals surface area contributed by atoms with Gasteiger partial charge in [-0.1, -0.05) is 54.0 Å². The van der Waals surface area contributed by atoms with Crippen molar-refractivity contribution in [2.75, 3.05) is 13.6 Å². The second-order valence-electron chi connectivity index (χ2n) is 10.9. The van der Waals surface area contributed by atoms with Crippen LogP contribution in [-0.4, -0.2) is 65.2 Å². The Balaban J connectivity index is 3.16. The van der Waals surface area contributed by atoms with Gasteiger partial charge in [0.15, 0.2) is 5.78 Å². The van der Waals surface area contributed by atoms with E-state index >= 15 is 0 Å². The molecule has 1 heterocycles. The number of allylic oxidation sites excluding steroid dienone is 1. The quantitative estimate of drug-likeness (QED) is 0.536. The van der Waals surface area contributed by atoms with Gasteiger partial charge in [0.1, 0.15) is 6.04 Å². The summed E-state index contributed by atoms with van der Waals surface area (Å²) in [6.45, 7) is 18.6. The van der Waals surface area contributed by atoms with Crippen LogP contribution in [-0.2, 0) is 14.4 Å². The molecule has 1 N–H and O–H groups in total. The molecule has 6 nitrogen and oxygen atoms in total. The summed E-state index contributed by atoms with van der Waals surface area (Å²) in [5.74, 6) is -0.0419. The van der Waals surface area contributed by atoms with Crippen molar-refractivity contribution in [2.45, 2.75) is 112 Å². The van der Waals surface area contributed by atoms with Gasteiger partial charge in [-0.15, -0.1) is 0 Å². The first-order valence-corrected chi connectivity index (χ1v) is 12.2. The molecule has 1 aliphatic rings. The first-order chi connectivity index (χ1) is 14.7. The van der Waals surface area contributed by atoms with Crippen molar-refractivity contribution in [3.05, 3.63) is 11.6 Å². The average Bonchev–Trinajstić information content (AvgIpc) is 2.72.